The molecule has 2 N–H and O–H groups in total. The summed E-state index contributed by atoms with van der Waals surface area (Å²) in [5.41, 5.74) is 0.777. The summed E-state index contributed by atoms with van der Waals surface area (Å²) < 4.78 is 0. The van der Waals surface area contributed by atoms with Crippen LogP contribution in [0.4, 0.5) is 5.69 Å². The first-order chi connectivity index (χ1) is 8.61. The van der Waals surface area contributed by atoms with Gasteiger partial charge in [-0.1, -0.05) is 30.5 Å². The summed E-state index contributed by atoms with van der Waals surface area (Å²) in [6.45, 7) is 0. The van der Waals surface area contributed by atoms with Gasteiger partial charge in [-0.3, -0.25) is 0 Å². The quantitative estimate of drug-likeness (QED) is 0.858. The van der Waals surface area contributed by atoms with Crippen LogP contribution in [0.3, 0.4) is 0 Å². The van der Waals surface area contributed by atoms with E-state index in [1.165, 1.54) is 0 Å². The maximum atomic E-state index is 11.2. The monoisotopic (exact) mass is 264 g/mol. The van der Waals surface area contributed by atoms with Gasteiger partial charge in [-0.2, -0.15) is 5.26 Å². The average molecular weight is 265 g/mol. The molecule has 0 bridgehead atoms. The van der Waals surface area contributed by atoms with Gasteiger partial charge in [0.1, 0.15) is 12.1 Å². The first-order valence-corrected chi connectivity index (χ1v) is 6.17. The van der Waals surface area contributed by atoms with Gasteiger partial charge in [0.2, 0.25) is 0 Å². The fourth-order valence-corrected chi connectivity index (χ4v) is 2.07. The van der Waals surface area contributed by atoms with Gasteiger partial charge in [0.25, 0.3) is 0 Å². The third-order valence-electron chi connectivity index (χ3n) is 3.02. The molecule has 0 heterocycles. The second-order valence-electron chi connectivity index (χ2n) is 4.49. The fourth-order valence-electron chi connectivity index (χ4n) is 1.85. The molecule has 4 nitrogen and oxygen atoms in total. The van der Waals surface area contributed by atoms with Gasteiger partial charge < -0.3 is 10.4 Å². The van der Waals surface area contributed by atoms with E-state index in [-0.39, 0.29) is 0 Å². The predicted octanol–water partition coefficient (Wildman–Crippen LogP) is 2.88. The van der Waals surface area contributed by atoms with Crippen molar-refractivity contribution >= 4 is 23.3 Å². The number of benzene rings is 1. The lowest BCUT2D eigenvalue weighted by Gasteiger charge is -2.16. The summed E-state index contributed by atoms with van der Waals surface area (Å²) in [6, 6.07) is 6.31. The molecule has 1 aromatic carbocycles. The Morgan fingerprint density at radius 2 is 2.33 bits per heavy atom. The van der Waals surface area contributed by atoms with Gasteiger partial charge >= 0.3 is 5.97 Å². The van der Waals surface area contributed by atoms with Gasteiger partial charge in [-0.05, 0) is 24.5 Å². The van der Waals surface area contributed by atoms with Gasteiger partial charge in [0.05, 0.1) is 16.3 Å². The summed E-state index contributed by atoms with van der Waals surface area (Å²) in [5.74, 6) is -0.408. The van der Waals surface area contributed by atoms with E-state index in [2.05, 4.69) is 5.32 Å². The van der Waals surface area contributed by atoms with Crippen molar-refractivity contribution in [2.24, 2.45) is 5.92 Å². The second kappa shape index (κ2) is 5.28. The van der Waals surface area contributed by atoms with Crippen LogP contribution < -0.4 is 5.32 Å². The highest BCUT2D eigenvalue weighted by atomic mass is 35.5. The molecule has 0 unspecified atom stereocenters. The van der Waals surface area contributed by atoms with Crippen LogP contribution >= 0.6 is 11.6 Å². The summed E-state index contributed by atoms with van der Waals surface area (Å²) in [5, 5.41) is 21.4. The minimum Gasteiger partial charge on any atom is -0.480 e. The lowest BCUT2D eigenvalue weighted by Crippen LogP contribution is -2.30. The van der Waals surface area contributed by atoms with E-state index in [0.29, 0.717) is 28.6 Å². The number of rotatable bonds is 5. The van der Waals surface area contributed by atoms with Gasteiger partial charge in [-0.15, -0.1) is 0 Å². The predicted molar refractivity (Wildman–Crippen MR) is 68.6 cm³/mol. The lowest BCUT2D eigenvalue weighted by atomic mass is 10.1. The Hall–Kier alpha value is -1.73. The number of nitrogens with one attached hydrogen (secondary N) is 1. The highest BCUT2D eigenvalue weighted by molar-refractivity contribution is 6.32. The molecule has 5 heteroatoms. The maximum absolute atomic E-state index is 11.2. The van der Waals surface area contributed by atoms with Gasteiger partial charge in [0, 0.05) is 0 Å². The normalized spacial score (nSPS) is 15.8. The molecule has 1 saturated carbocycles. The molecule has 1 aliphatic rings. The molecule has 0 saturated heterocycles. The molecule has 0 aromatic heterocycles. The van der Waals surface area contributed by atoms with Crippen LogP contribution in [-0.4, -0.2) is 17.1 Å². The number of carbonyl (C=O) groups is 1. The molecular weight excluding hydrogens is 252 g/mol. The number of anilines is 1. The number of nitrogens with zero attached hydrogens (tertiary/aromatic N) is 1. The molecule has 94 valence electrons. The van der Waals surface area contributed by atoms with Crippen molar-refractivity contribution < 1.29 is 9.90 Å². The van der Waals surface area contributed by atoms with Crippen molar-refractivity contribution in [1.29, 1.82) is 5.26 Å². The van der Waals surface area contributed by atoms with E-state index in [1.54, 1.807) is 18.2 Å². The number of carboxylic acids is 1. The highest BCUT2D eigenvalue weighted by Gasteiger charge is 2.29. The van der Waals surface area contributed by atoms with Crippen LogP contribution in [-0.2, 0) is 4.79 Å². The fraction of sp³-hybridized carbons (Fsp3) is 0.385. The zero-order valence-corrected chi connectivity index (χ0v) is 10.4. The molecule has 0 spiro atoms. The first kappa shape index (κ1) is 12.7. The SMILES string of the molecule is N#Cc1c(Cl)cccc1N[C@@H](CC1CC1)C(=O)O. The zero-order chi connectivity index (χ0) is 13.1. The van der Waals surface area contributed by atoms with E-state index in [4.69, 9.17) is 22.0 Å². The van der Waals surface area contributed by atoms with E-state index in [1.807, 2.05) is 6.07 Å². The standard InChI is InChI=1S/C13H13ClN2O2/c14-10-2-1-3-11(9(10)7-15)16-12(13(17)18)6-8-4-5-8/h1-3,8,12,16H,4-6H2,(H,17,18)/t12-/m0/s1. The molecule has 1 fully saturated rings. The zero-order valence-electron chi connectivity index (χ0n) is 9.69. The molecule has 2 rings (SSSR count). The van der Waals surface area contributed by atoms with Crippen LogP contribution in [0.2, 0.25) is 5.02 Å². The number of hydrogen-bond acceptors (Lipinski definition) is 3. The molecular formula is C13H13ClN2O2. The summed E-state index contributed by atoms with van der Waals surface area (Å²) in [4.78, 5) is 11.2. The Morgan fingerprint density at radius 1 is 1.61 bits per heavy atom. The molecule has 1 aliphatic carbocycles. The smallest absolute Gasteiger partial charge is 0.326 e. The third kappa shape index (κ3) is 2.93. The minimum absolute atomic E-state index is 0.293. The molecule has 0 radical (unpaired) electrons. The van der Waals surface area contributed by atoms with Crippen LogP contribution in [0.15, 0.2) is 18.2 Å². The number of nitriles is 1. The Bertz CT molecular complexity index is 506. The summed E-state index contributed by atoms with van der Waals surface area (Å²) in [6.07, 6.45) is 2.77. The topological polar surface area (TPSA) is 73.1 Å². The summed E-state index contributed by atoms with van der Waals surface area (Å²) >= 11 is 5.90. The first-order valence-electron chi connectivity index (χ1n) is 5.79. The Labute approximate surface area is 110 Å². The minimum atomic E-state index is -0.897. The van der Waals surface area contributed by atoms with E-state index in [9.17, 15) is 4.79 Å². The number of halogens is 1. The van der Waals surface area contributed by atoms with Crippen molar-refractivity contribution in [1.82, 2.24) is 0 Å². The second-order valence-corrected chi connectivity index (χ2v) is 4.90. The molecule has 0 amide bonds. The maximum Gasteiger partial charge on any atom is 0.326 e. The summed E-state index contributed by atoms with van der Waals surface area (Å²) in [7, 11) is 0. The molecule has 1 atom stereocenters. The number of hydrogen-bond donors (Lipinski definition) is 2. The average Bonchev–Trinajstić information content (AvgIpc) is 3.12. The molecule has 1 aromatic rings. The largest absolute Gasteiger partial charge is 0.480 e. The van der Waals surface area contributed by atoms with E-state index < -0.39 is 12.0 Å². The van der Waals surface area contributed by atoms with Crippen LogP contribution in [0.1, 0.15) is 24.8 Å². The van der Waals surface area contributed by atoms with Crippen molar-refractivity contribution in [2.45, 2.75) is 25.3 Å². The van der Waals surface area contributed by atoms with E-state index in [0.717, 1.165) is 12.8 Å². The van der Waals surface area contributed by atoms with Crippen molar-refractivity contribution in [3.63, 3.8) is 0 Å². The number of aliphatic carboxylic acids is 1. The van der Waals surface area contributed by atoms with Crippen molar-refractivity contribution in [3.8, 4) is 6.07 Å². The van der Waals surface area contributed by atoms with E-state index >= 15 is 0 Å². The van der Waals surface area contributed by atoms with Crippen molar-refractivity contribution in [2.75, 3.05) is 5.32 Å². The highest BCUT2D eigenvalue weighted by Crippen LogP contribution is 2.34. The Kier molecular flexibility index (Phi) is 3.73. The molecule has 18 heavy (non-hydrogen) atoms. The van der Waals surface area contributed by atoms with Crippen molar-refractivity contribution in [3.05, 3.63) is 28.8 Å². The number of carboxylic acid groups (broad SMARTS) is 1. The molecule has 0 aliphatic heterocycles. The van der Waals surface area contributed by atoms with Crippen LogP contribution in [0.5, 0.6) is 0 Å². The third-order valence-corrected chi connectivity index (χ3v) is 3.33. The van der Waals surface area contributed by atoms with Gasteiger partial charge in [0.15, 0.2) is 0 Å². The Morgan fingerprint density at radius 3 is 2.89 bits per heavy atom. The Balaban J connectivity index is 2.18. The lowest BCUT2D eigenvalue weighted by molar-refractivity contribution is -0.138. The van der Waals surface area contributed by atoms with Crippen LogP contribution in [0.25, 0.3) is 0 Å². The van der Waals surface area contributed by atoms with Gasteiger partial charge in [-0.25, -0.2) is 4.79 Å². The van der Waals surface area contributed by atoms with Crippen LogP contribution in [0, 0.1) is 17.2 Å².